The second-order valence-corrected chi connectivity index (χ2v) is 5.63. The number of likely N-dealkylation sites (tertiary alicyclic amines) is 1. The van der Waals surface area contributed by atoms with Gasteiger partial charge < -0.3 is 14.8 Å². The molecule has 0 saturated carbocycles. The van der Waals surface area contributed by atoms with Crippen molar-refractivity contribution in [2.45, 2.75) is 25.3 Å². The van der Waals surface area contributed by atoms with Gasteiger partial charge in [0.15, 0.2) is 0 Å². The Balaban J connectivity index is 1.72. The summed E-state index contributed by atoms with van der Waals surface area (Å²) in [5.41, 5.74) is 1.38. The van der Waals surface area contributed by atoms with Crippen molar-refractivity contribution in [2.75, 3.05) is 47.0 Å². The van der Waals surface area contributed by atoms with Gasteiger partial charge in [-0.05, 0) is 43.5 Å². The predicted octanol–water partition coefficient (Wildman–Crippen LogP) is 1.94. The summed E-state index contributed by atoms with van der Waals surface area (Å²) in [5, 5.41) is 3.49. The molecule has 1 saturated heterocycles. The summed E-state index contributed by atoms with van der Waals surface area (Å²) < 4.78 is 10.3. The second-order valence-electron chi connectivity index (χ2n) is 5.63. The summed E-state index contributed by atoms with van der Waals surface area (Å²) in [4.78, 5) is 2.62. The lowest BCUT2D eigenvalue weighted by Gasteiger charge is -2.24. The van der Waals surface area contributed by atoms with E-state index in [-0.39, 0.29) is 0 Å². The lowest BCUT2D eigenvalue weighted by Crippen LogP contribution is -2.39. The Bertz CT molecular complexity index is 394. The van der Waals surface area contributed by atoms with E-state index < -0.39 is 0 Å². The average molecular weight is 292 g/mol. The van der Waals surface area contributed by atoms with E-state index in [1.165, 1.54) is 24.9 Å². The van der Waals surface area contributed by atoms with Crippen LogP contribution < -0.4 is 10.1 Å². The number of nitrogens with one attached hydrogen (secondary N) is 1. The Labute approximate surface area is 128 Å². The van der Waals surface area contributed by atoms with Gasteiger partial charge in [-0.3, -0.25) is 4.90 Å². The number of nitrogens with zero attached hydrogens (tertiary/aromatic N) is 1. The average Bonchev–Trinajstić information content (AvgIpc) is 2.97. The number of hydrogen-bond acceptors (Lipinski definition) is 4. The molecule has 1 aliphatic heterocycles. The first-order valence-corrected chi connectivity index (χ1v) is 7.90. The van der Waals surface area contributed by atoms with Gasteiger partial charge in [-0.25, -0.2) is 0 Å². The van der Waals surface area contributed by atoms with Crippen LogP contribution in [0.5, 0.6) is 5.75 Å². The highest BCUT2D eigenvalue weighted by atomic mass is 16.5. The van der Waals surface area contributed by atoms with Crippen molar-refractivity contribution in [2.24, 2.45) is 0 Å². The number of ether oxygens (including phenoxy) is 2. The van der Waals surface area contributed by atoms with E-state index in [9.17, 15) is 0 Å². The fraction of sp³-hybridized carbons (Fsp3) is 0.647. The third kappa shape index (κ3) is 5.30. The summed E-state index contributed by atoms with van der Waals surface area (Å²) in [6.07, 6.45) is 3.74. The largest absolute Gasteiger partial charge is 0.497 e. The van der Waals surface area contributed by atoms with Crippen LogP contribution in [0.25, 0.3) is 0 Å². The molecule has 2 rings (SSSR count). The molecular weight excluding hydrogens is 264 g/mol. The van der Waals surface area contributed by atoms with Crippen molar-refractivity contribution >= 4 is 0 Å². The van der Waals surface area contributed by atoms with Gasteiger partial charge >= 0.3 is 0 Å². The Hall–Kier alpha value is -1.10. The van der Waals surface area contributed by atoms with Gasteiger partial charge in [-0.1, -0.05) is 12.1 Å². The Morgan fingerprint density at radius 1 is 1.24 bits per heavy atom. The smallest absolute Gasteiger partial charge is 0.118 e. The molecule has 4 nitrogen and oxygen atoms in total. The highest BCUT2D eigenvalue weighted by Gasteiger charge is 2.23. The second kappa shape index (κ2) is 9.03. The molecule has 1 atom stereocenters. The lowest BCUT2D eigenvalue weighted by atomic mass is 10.1. The molecule has 4 heteroatoms. The van der Waals surface area contributed by atoms with Crippen LogP contribution >= 0.6 is 0 Å². The minimum Gasteiger partial charge on any atom is -0.497 e. The summed E-state index contributed by atoms with van der Waals surface area (Å²) in [5.74, 6) is 0.931. The molecule has 0 bridgehead atoms. The SMILES string of the molecule is COCCNCC1CCCN1CCc1ccc(OC)cc1. The van der Waals surface area contributed by atoms with Gasteiger partial charge in [-0.2, -0.15) is 0 Å². The van der Waals surface area contributed by atoms with Crippen molar-refractivity contribution in [1.29, 1.82) is 0 Å². The first kappa shape index (κ1) is 16.3. The maximum atomic E-state index is 5.20. The highest BCUT2D eigenvalue weighted by Crippen LogP contribution is 2.18. The highest BCUT2D eigenvalue weighted by molar-refractivity contribution is 5.27. The molecule has 1 N–H and O–H groups in total. The fourth-order valence-corrected chi connectivity index (χ4v) is 2.93. The van der Waals surface area contributed by atoms with E-state index in [0.717, 1.165) is 38.4 Å². The molecule has 1 heterocycles. The molecule has 0 radical (unpaired) electrons. The van der Waals surface area contributed by atoms with Crippen LogP contribution in [0.4, 0.5) is 0 Å². The molecule has 0 spiro atoms. The van der Waals surface area contributed by atoms with Crippen LogP contribution in [0.2, 0.25) is 0 Å². The molecule has 1 unspecified atom stereocenters. The number of benzene rings is 1. The minimum absolute atomic E-state index is 0.681. The zero-order valence-corrected chi connectivity index (χ0v) is 13.3. The van der Waals surface area contributed by atoms with E-state index in [1.54, 1.807) is 14.2 Å². The zero-order valence-electron chi connectivity index (χ0n) is 13.3. The molecule has 1 aromatic rings. The summed E-state index contributed by atoms with van der Waals surface area (Å²) in [6, 6.07) is 9.10. The van der Waals surface area contributed by atoms with Gasteiger partial charge in [0.2, 0.25) is 0 Å². The van der Waals surface area contributed by atoms with E-state index in [4.69, 9.17) is 9.47 Å². The first-order valence-electron chi connectivity index (χ1n) is 7.90. The summed E-state index contributed by atoms with van der Waals surface area (Å²) >= 11 is 0. The Morgan fingerprint density at radius 3 is 2.76 bits per heavy atom. The summed E-state index contributed by atoms with van der Waals surface area (Å²) in [6.45, 7) is 5.18. The van der Waals surface area contributed by atoms with Crippen molar-refractivity contribution in [3.8, 4) is 5.75 Å². The van der Waals surface area contributed by atoms with Gasteiger partial charge in [0.05, 0.1) is 13.7 Å². The number of methoxy groups -OCH3 is 2. The summed E-state index contributed by atoms with van der Waals surface area (Å²) in [7, 11) is 3.46. The van der Waals surface area contributed by atoms with Crippen molar-refractivity contribution in [3.05, 3.63) is 29.8 Å². The molecule has 1 aliphatic rings. The first-order chi connectivity index (χ1) is 10.3. The normalized spacial score (nSPS) is 19.0. The van der Waals surface area contributed by atoms with E-state index in [2.05, 4.69) is 22.3 Å². The quantitative estimate of drug-likeness (QED) is 0.705. The maximum absolute atomic E-state index is 5.20. The van der Waals surface area contributed by atoms with E-state index in [0.29, 0.717) is 6.04 Å². The van der Waals surface area contributed by atoms with Crippen molar-refractivity contribution in [3.63, 3.8) is 0 Å². The predicted molar refractivity (Wildman–Crippen MR) is 86.0 cm³/mol. The van der Waals surface area contributed by atoms with Gasteiger partial charge in [0, 0.05) is 32.8 Å². The van der Waals surface area contributed by atoms with Crippen LogP contribution in [0, 0.1) is 0 Å². The monoisotopic (exact) mass is 292 g/mol. The molecule has 1 fully saturated rings. The molecule has 118 valence electrons. The van der Waals surface area contributed by atoms with Crippen molar-refractivity contribution < 1.29 is 9.47 Å². The maximum Gasteiger partial charge on any atom is 0.118 e. The Morgan fingerprint density at radius 2 is 2.05 bits per heavy atom. The molecule has 0 aromatic heterocycles. The standard InChI is InChI=1S/C17H28N2O2/c1-20-13-10-18-14-16-4-3-11-19(16)12-9-15-5-7-17(21-2)8-6-15/h5-8,16,18H,3-4,9-14H2,1-2H3. The van der Waals surface area contributed by atoms with Crippen LogP contribution in [0.15, 0.2) is 24.3 Å². The van der Waals surface area contributed by atoms with E-state index in [1.807, 2.05) is 12.1 Å². The zero-order chi connectivity index (χ0) is 14.9. The molecule has 0 aliphatic carbocycles. The molecular formula is C17H28N2O2. The van der Waals surface area contributed by atoms with Crippen LogP contribution in [0.1, 0.15) is 18.4 Å². The van der Waals surface area contributed by atoms with Gasteiger partial charge in [-0.15, -0.1) is 0 Å². The Kier molecular flexibility index (Phi) is 7.00. The molecule has 1 aromatic carbocycles. The lowest BCUT2D eigenvalue weighted by molar-refractivity contribution is 0.192. The number of hydrogen-bond donors (Lipinski definition) is 1. The van der Waals surface area contributed by atoms with E-state index >= 15 is 0 Å². The topological polar surface area (TPSA) is 33.7 Å². The van der Waals surface area contributed by atoms with Gasteiger partial charge in [0.25, 0.3) is 0 Å². The third-order valence-corrected chi connectivity index (χ3v) is 4.21. The van der Waals surface area contributed by atoms with Crippen LogP contribution in [-0.2, 0) is 11.2 Å². The molecule has 21 heavy (non-hydrogen) atoms. The third-order valence-electron chi connectivity index (χ3n) is 4.21. The van der Waals surface area contributed by atoms with Gasteiger partial charge in [0.1, 0.15) is 5.75 Å². The van der Waals surface area contributed by atoms with Crippen LogP contribution in [0.3, 0.4) is 0 Å². The molecule has 0 amide bonds. The fourth-order valence-electron chi connectivity index (χ4n) is 2.93. The van der Waals surface area contributed by atoms with Crippen LogP contribution in [-0.4, -0.2) is 57.9 Å². The minimum atomic E-state index is 0.681. The van der Waals surface area contributed by atoms with Crippen molar-refractivity contribution in [1.82, 2.24) is 10.2 Å². The number of rotatable bonds is 9.